The highest BCUT2D eigenvalue weighted by Gasteiger charge is 2.24. The maximum atomic E-state index is 12.1. The molecular formula is C17H22N2O3. The molecule has 22 heavy (non-hydrogen) atoms. The number of carbonyl (C=O) groups is 3. The quantitative estimate of drug-likeness (QED) is 0.804. The molecule has 0 saturated carbocycles. The molecule has 0 radical (unpaired) electrons. The number of nitrogens with zero attached hydrogens (tertiary/aromatic N) is 1. The molecule has 1 aromatic rings. The Kier molecular flexibility index (Phi) is 5.83. The second kappa shape index (κ2) is 7.84. The third-order valence-electron chi connectivity index (χ3n) is 4.05. The highest BCUT2D eigenvalue weighted by molar-refractivity contribution is 5.95. The van der Waals surface area contributed by atoms with Crippen LogP contribution >= 0.6 is 0 Å². The molecule has 0 aliphatic carbocycles. The van der Waals surface area contributed by atoms with E-state index in [9.17, 15) is 14.4 Å². The third kappa shape index (κ3) is 4.49. The Bertz CT molecular complexity index is 520. The molecule has 2 unspecified atom stereocenters. The number of carbonyl (C=O) groups excluding carboxylic acids is 3. The minimum Gasteiger partial charge on any atom is -0.342 e. The molecule has 1 N–H and O–H groups in total. The van der Waals surface area contributed by atoms with E-state index in [2.05, 4.69) is 10.2 Å². The van der Waals surface area contributed by atoms with Gasteiger partial charge in [0.1, 0.15) is 12.1 Å². The van der Waals surface area contributed by atoms with Gasteiger partial charge in [-0.3, -0.25) is 9.59 Å². The van der Waals surface area contributed by atoms with Crippen LogP contribution in [0.3, 0.4) is 0 Å². The summed E-state index contributed by atoms with van der Waals surface area (Å²) < 4.78 is 0. The molecule has 1 saturated heterocycles. The Morgan fingerprint density at radius 3 is 2.50 bits per heavy atom. The highest BCUT2D eigenvalue weighted by Crippen LogP contribution is 2.11. The zero-order valence-corrected chi connectivity index (χ0v) is 12.8. The van der Waals surface area contributed by atoms with Gasteiger partial charge >= 0.3 is 0 Å². The highest BCUT2D eigenvalue weighted by atomic mass is 16.2. The zero-order chi connectivity index (χ0) is 15.9. The number of Topliss-reactive ketones (excluding diaryl/α,β-unsaturated/α-hetero) is 1. The standard InChI is InChI=1S/C17H22N2O3/c1-13(11-19-9-7-15(21)8-10-19)16(12-20)18-17(22)14-5-3-2-4-6-14/h2-6,12-13,16H,7-11H2,1H3,(H,18,22). The van der Waals surface area contributed by atoms with Gasteiger partial charge < -0.3 is 15.0 Å². The molecule has 5 heteroatoms. The summed E-state index contributed by atoms with van der Waals surface area (Å²) in [7, 11) is 0. The lowest BCUT2D eigenvalue weighted by Gasteiger charge is -2.30. The Morgan fingerprint density at radius 1 is 1.27 bits per heavy atom. The van der Waals surface area contributed by atoms with Gasteiger partial charge in [-0.2, -0.15) is 0 Å². The van der Waals surface area contributed by atoms with Crippen LogP contribution in [0.5, 0.6) is 0 Å². The van der Waals surface area contributed by atoms with Crippen molar-refractivity contribution in [1.29, 1.82) is 0 Å². The molecule has 2 rings (SSSR count). The topological polar surface area (TPSA) is 66.5 Å². The summed E-state index contributed by atoms with van der Waals surface area (Å²) in [6.07, 6.45) is 1.95. The van der Waals surface area contributed by atoms with Gasteiger partial charge in [-0.05, 0) is 18.1 Å². The fraction of sp³-hybridized carbons (Fsp3) is 0.471. The van der Waals surface area contributed by atoms with Crippen molar-refractivity contribution in [2.24, 2.45) is 5.92 Å². The van der Waals surface area contributed by atoms with Crippen LogP contribution in [0.2, 0.25) is 0 Å². The lowest BCUT2D eigenvalue weighted by molar-refractivity contribution is -0.121. The molecule has 1 aromatic carbocycles. The van der Waals surface area contributed by atoms with Gasteiger partial charge in [-0.1, -0.05) is 25.1 Å². The summed E-state index contributed by atoms with van der Waals surface area (Å²) in [4.78, 5) is 36.9. The van der Waals surface area contributed by atoms with Crippen molar-refractivity contribution < 1.29 is 14.4 Å². The minimum absolute atomic E-state index is 0.00151. The number of ketones is 1. The molecule has 118 valence electrons. The first kappa shape index (κ1) is 16.4. The molecule has 0 aromatic heterocycles. The SMILES string of the molecule is CC(CN1CCC(=O)CC1)C(C=O)NC(=O)c1ccccc1. The molecule has 0 spiro atoms. The fourth-order valence-electron chi connectivity index (χ4n) is 2.64. The van der Waals surface area contributed by atoms with E-state index in [0.29, 0.717) is 30.7 Å². The summed E-state index contributed by atoms with van der Waals surface area (Å²) >= 11 is 0. The van der Waals surface area contributed by atoms with E-state index >= 15 is 0 Å². The first-order chi connectivity index (χ1) is 10.6. The Labute approximate surface area is 130 Å². The van der Waals surface area contributed by atoms with E-state index in [4.69, 9.17) is 0 Å². The number of hydrogen-bond acceptors (Lipinski definition) is 4. The van der Waals surface area contributed by atoms with Crippen LogP contribution in [0.1, 0.15) is 30.1 Å². The van der Waals surface area contributed by atoms with Crippen LogP contribution in [0.4, 0.5) is 0 Å². The van der Waals surface area contributed by atoms with Crippen molar-refractivity contribution in [1.82, 2.24) is 10.2 Å². The smallest absolute Gasteiger partial charge is 0.251 e. The second-order valence-corrected chi connectivity index (χ2v) is 5.82. The average molecular weight is 302 g/mol. The van der Waals surface area contributed by atoms with Crippen molar-refractivity contribution in [3.8, 4) is 0 Å². The first-order valence-electron chi connectivity index (χ1n) is 7.65. The lowest BCUT2D eigenvalue weighted by atomic mass is 10.00. The van der Waals surface area contributed by atoms with Gasteiger partial charge in [-0.15, -0.1) is 0 Å². The monoisotopic (exact) mass is 302 g/mol. The Balaban J connectivity index is 1.89. The van der Waals surface area contributed by atoms with E-state index in [-0.39, 0.29) is 11.8 Å². The number of hydrogen-bond donors (Lipinski definition) is 1. The molecule has 0 bridgehead atoms. The molecule has 1 aliphatic rings. The second-order valence-electron chi connectivity index (χ2n) is 5.82. The zero-order valence-electron chi connectivity index (χ0n) is 12.8. The largest absolute Gasteiger partial charge is 0.342 e. The van der Waals surface area contributed by atoms with Gasteiger partial charge in [0.2, 0.25) is 0 Å². The summed E-state index contributed by atoms with van der Waals surface area (Å²) in [5, 5.41) is 2.78. The minimum atomic E-state index is -0.523. The summed E-state index contributed by atoms with van der Waals surface area (Å²) in [5.41, 5.74) is 0.546. The number of rotatable bonds is 6. The van der Waals surface area contributed by atoms with Crippen LogP contribution in [-0.2, 0) is 9.59 Å². The van der Waals surface area contributed by atoms with E-state index in [1.165, 1.54) is 0 Å². The van der Waals surface area contributed by atoms with Gasteiger partial charge in [0.05, 0.1) is 6.04 Å². The Hall–Kier alpha value is -2.01. The van der Waals surface area contributed by atoms with Crippen molar-refractivity contribution in [2.45, 2.75) is 25.8 Å². The molecule has 1 fully saturated rings. The maximum absolute atomic E-state index is 12.1. The molecule has 2 atom stereocenters. The molecule has 1 aliphatic heterocycles. The van der Waals surface area contributed by atoms with E-state index in [1.54, 1.807) is 24.3 Å². The van der Waals surface area contributed by atoms with Crippen molar-refractivity contribution in [2.75, 3.05) is 19.6 Å². The van der Waals surface area contributed by atoms with E-state index in [1.807, 2.05) is 13.0 Å². The summed E-state index contributed by atoms with van der Waals surface area (Å²) in [6, 6.07) is 8.34. The van der Waals surface area contributed by atoms with Gasteiger partial charge in [0.25, 0.3) is 5.91 Å². The van der Waals surface area contributed by atoms with Crippen LogP contribution < -0.4 is 5.32 Å². The van der Waals surface area contributed by atoms with Gasteiger partial charge in [-0.25, -0.2) is 0 Å². The number of aldehydes is 1. The number of piperidine rings is 1. The maximum Gasteiger partial charge on any atom is 0.251 e. The normalized spacial score (nSPS) is 18.5. The van der Waals surface area contributed by atoms with Gasteiger partial charge in [0, 0.05) is 38.0 Å². The van der Waals surface area contributed by atoms with Crippen molar-refractivity contribution >= 4 is 18.0 Å². The number of benzene rings is 1. The van der Waals surface area contributed by atoms with Crippen LogP contribution in [0.15, 0.2) is 30.3 Å². The number of amides is 1. The predicted molar refractivity (Wildman–Crippen MR) is 83.6 cm³/mol. The average Bonchev–Trinajstić information content (AvgIpc) is 2.55. The number of likely N-dealkylation sites (tertiary alicyclic amines) is 1. The molecule has 1 heterocycles. The van der Waals surface area contributed by atoms with E-state index < -0.39 is 6.04 Å². The fourth-order valence-corrected chi connectivity index (χ4v) is 2.64. The molecular weight excluding hydrogens is 280 g/mol. The van der Waals surface area contributed by atoms with Crippen LogP contribution in [0.25, 0.3) is 0 Å². The first-order valence-corrected chi connectivity index (χ1v) is 7.65. The van der Waals surface area contributed by atoms with Gasteiger partial charge in [0.15, 0.2) is 0 Å². The molecule has 5 nitrogen and oxygen atoms in total. The lowest BCUT2D eigenvalue weighted by Crippen LogP contribution is -2.46. The Morgan fingerprint density at radius 2 is 1.91 bits per heavy atom. The van der Waals surface area contributed by atoms with Crippen molar-refractivity contribution in [3.05, 3.63) is 35.9 Å². The third-order valence-corrected chi connectivity index (χ3v) is 4.05. The molecule has 1 amide bonds. The van der Waals surface area contributed by atoms with Crippen molar-refractivity contribution in [3.63, 3.8) is 0 Å². The van der Waals surface area contributed by atoms with Crippen LogP contribution in [-0.4, -0.2) is 48.6 Å². The summed E-state index contributed by atoms with van der Waals surface area (Å²) in [6.45, 7) is 4.12. The number of nitrogens with one attached hydrogen (secondary N) is 1. The predicted octanol–water partition coefficient (Wildman–Crippen LogP) is 1.28. The summed E-state index contributed by atoms with van der Waals surface area (Å²) in [5.74, 6) is 0.0601. The van der Waals surface area contributed by atoms with E-state index in [0.717, 1.165) is 19.4 Å². The van der Waals surface area contributed by atoms with Crippen LogP contribution in [0, 0.1) is 5.92 Å².